The second-order valence-electron chi connectivity index (χ2n) is 8.15. The number of amidine groups is 1. The summed E-state index contributed by atoms with van der Waals surface area (Å²) in [6, 6.07) is -0.0966. The first-order valence-corrected chi connectivity index (χ1v) is 12.1. The lowest BCUT2D eigenvalue weighted by molar-refractivity contribution is -0.137. The number of esters is 1. The van der Waals surface area contributed by atoms with E-state index < -0.39 is 46.5 Å². The normalized spacial score (nSPS) is 16.7. The number of hydrogen-bond acceptors (Lipinski definition) is 9. The lowest BCUT2D eigenvalue weighted by Gasteiger charge is -2.20. The van der Waals surface area contributed by atoms with Crippen molar-refractivity contribution in [2.75, 3.05) is 12.4 Å². The maximum Gasteiger partial charge on any atom is 0.418 e. The Kier molecular flexibility index (Phi) is 8.57. The second kappa shape index (κ2) is 11.3. The SMILES string of the molecule is COC(=O)C1=C(C(=O)NC(C)c2ncc(C(=O)Nc3cc(C(F)(F)F)c(Cl)cn3)s2)C(C)C(C)=CN=C1N. The van der Waals surface area contributed by atoms with Crippen LogP contribution in [0.2, 0.25) is 5.02 Å². The van der Waals surface area contributed by atoms with E-state index in [4.69, 9.17) is 22.1 Å². The van der Waals surface area contributed by atoms with Gasteiger partial charge in [0.05, 0.1) is 29.9 Å². The van der Waals surface area contributed by atoms with E-state index in [1.54, 1.807) is 20.8 Å². The monoisotopic (exact) mass is 570 g/mol. The molecule has 2 amide bonds. The Morgan fingerprint density at radius 2 is 1.89 bits per heavy atom. The Morgan fingerprint density at radius 3 is 2.53 bits per heavy atom. The summed E-state index contributed by atoms with van der Waals surface area (Å²) in [5, 5.41) is 4.71. The molecule has 4 N–H and O–H groups in total. The summed E-state index contributed by atoms with van der Waals surface area (Å²) >= 11 is 6.46. The van der Waals surface area contributed by atoms with Gasteiger partial charge in [0, 0.05) is 23.9 Å². The molecule has 1 aliphatic heterocycles. The highest BCUT2D eigenvalue weighted by Crippen LogP contribution is 2.35. The molecule has 2 aromatic heterocycles. The Hall–Kier alpha value is -3.78. The van der Waals surface area contributed by atoms with E-state index in [9.17, 15) is 27.6 Å². The van der Waals surface area contributed by atoms with Gasteiger partial charge in [0.1, 0.15) is 27.1 Å². The largest absolute Gasteiger partial charge is 0.465 e. The minimum Gasteiger partial charge on any atom is -0.465 e. The van der Waals surface area contributed by atoms with Crippen LogP contribution in [0.4, 0.5) is 19.0 Å². The maximum atomic E-state index is 13.3. The zero-order chi connectivity index (χ0) is 28.4. The molecule has 202 valence electrons. The highest BCUT2D eigenvalue weighted by molar-refractivity contribution is 7.13. The van der Waals surface area contributed by atoms with E-state index in [0.29, 0.717) is 16.6 Å². The van der Waals surface area contributed by atoms with Crippen LogP contribution in [0.25, 0.3) is 0 Å². The summed E-state index contributed by atoms with van der Waals surface area (Å²) in [5.74, 6) is -3.24. The predicted molar refractivity (Wildman–Crippen MR) is 134 cm³/mol. The van der Waals surface area contributed by atoms with Gasteiger partial charge in [0.2, 0.25) is 5.91 Å². The predicted octanol–water partition coefficient (Wildman–Crippen LogP) is 4.02. The third-order valence-electron chi connectivity index (χ3n) is 5.55. The summed E-state index contributed by atoms with van der Waals surface area (Å²) in [6.07, 6.45) is -1.27. The number of methoxy groups -OCH3 is 1. The van der Waals surface area contributed by atoms with Gasteiger partial charge < -0.3 is 21.1 Å². The minimum absolute atomic E-state index is 0.0545. The second-order valence-corrected chi connectivity index (χ2v) is 9.62. The van der Waals surface area contributed by atoms with Crippen molar-refractivity contribution in [1.82, 2.24) is 15.3 Å². The van der Waals surface area contributed by atoms with Crippen LogP contribution in [-0.4, -0.2) is 40.7 Å². The Bertz CT molecular complexity index is 1390. The van der Waals surface area contributed by atoms with Crippen LogP contribution in [0, 0.1) is 5.92 Å². The van der Waals surface area contributed by atoms with Crippen LogP contribution in [0.15, 0.2) is 46.4 Å². The van der Waals surface area contributed by atoms with Gasteiger partial charge in [-0.2, -0.15) is 13.2 Å². The van der Waals surface area contributed by atoms with Crippen LogP contribution in [0.1, 0.15) is 47.1 Å². The van der Waals surface area contributed by atoms with Crippen molar-refractivity contribution >= 4 is 52.4 Å². The maximum absolute atomic E-state index is 13.3. The Labute approximate surface area is 223 Å². The standard InChI is InChI=1S/C23H22ClF3N6O4S/c1-9-6-30-18(28)17(22(36)37-4)16(10(9)2)20(35)32-11(3)21-31-8-14(38-21)19(34)33-15-5-12(23(25,26)27)13(24)7-29-15/h5-8,10-11H,1-4H3,(H2,28,30)(H,32,35)(H,29,33,34). The van der Waals surface area contributed by atoms with E-state index in [1.807, 2.05) is 0 Å². The molecule has 0 spiro atoms. The fourth-order valence-corrected chi connectivity index (χ4v) is 4.41. The van der Waals surface area contributed by atoms with Crippen molar-refractivity contribution < 1.29 is 32.3 Å². The van der Waals surface area contributed by atoms with E-state index in [-0.39, 0.29) is 27.7 Å². The zero-order valence-electron chi connectivity index (χ0n) is 20.4. The first kappa shape index (κ1) is 28.8. The number of hydrogen-bond donors (Lipinski definition) is 3. The number of anilines is 1. The number of ether oxygens (including phenoxy) is 1. The summed E-state index contributed by atoms with van der Waals surface area (Å²) in [6.45, 7) is 5.05. The molecule has 0 aliphatic carbocycles. The first-order chi connectivity index (χ1) is 17.7. The van der Waals surface area contributed by atoms with E-state index in [2.05, 4.69) is 25.6 Å². The average molecular weight is 571 g/mol. The van der Waals surface area contributed by atoms with Gasteiger partial charge in [0.25, 0.3) is 5.91 Å². The zero-order valence-corrected chi connectivity index (χ0v) is 22.0. The van der Waals surface area contributed by atoms with Crippen LogP contribution in [0.5, 0.6) is 0 Å². The summed E-state index contributed by atoms with van der Waals surface area (Å²) in [7, 11) is 1.15. The van der Waals surface area contributed by atoms with Crippen LogP contribution >= 0.6 is 22.9 Å². The lowest BCUT2D eigenvalue weighted by Crippen LogP contribution is -2.34. The number of rotatable bonds is 6. The number of thiazole rings is 1. The molecule has 0 saturated heterocycles. The number of allylic oxidation sites excluding steroid dienone is 1. The third-order valence-corrected chi connectivity index (χ3v) is 7.03. The van der Waals surface area contributed by atoms with Crippen molar-refractivity contribution in [3.8, 4) is 0 Å². The van der Waals surface area contributed by atoms with Gasteiger partial charge in [-0.15, -0.1) is 11.3 Å². The highest BCUT2D eigenvalue weighted by atomic mass is 35.5. The summed E-state index contributed by atoms with van der Waals surface area (Å²) in [4.78, 5) is 50.2. The van der Waals surface area contributed by atoms with Gasteiger partial charge in [0.15, 0.2) is 0 Å². The number of amides is 2. The molecule has 0 radical (unpaired) electrons. The molecular formula is C23H22ClF3N6O4S. The fraction of sp³-hybridized carbons (Fsp3) is 0.304. The average Bonchev–Trinajstić information content (AvgIpc) is 3.32. The number of aromatic nitrogens is 2. The van der Waals surface area contributed by atoms with Gasteiger partial charge in [-0.1, -0.05) is 18.5 Å². The van der Waals surface area contributed by atoms with Gasteiger partial charge in [-0.05, 0) is 25.5 Å². The van der Waals surface area contributed by atoms with Gasteiger partial charge in [-0.3, -0.25) is 9.59 Å². The number of nitrogens with zero attached hydrogens (tertiary/aromatic N) is 3. The summed E-state index contributed by atoms with van der Waals surface area (Å²) < 4.78 is 44.0. The van der Waals surface area contributed by atoms with Crippen LogP contribution < -0.4 is 16.4 Å². The fourth-order valence-electron chi connectivity index (χ4n) is 3.39. The molecule has 3 heterocycles. The molecular weight excluding hydrogens is 549 g/mol. The minimum atomic E-state index is -4.73. The lowest BCUT2D eigenvalue weighted by atomic mass is 9.89. The molecule has 3 rings (SSSR count). The topological polar surface area (TPSA) is 149 Å². The number of carbonyl (C=O) groups excluding carboxylic acids is 3. The molecule has 1 aliphatic rings. The molecule has 2 aromatic rings. The first-order valence-electron chi connectivity index (χ1n) is 10.9. The molecule has 0 aromatic carbocycles. The quantitative estimate of drug-likeness (QED) is 0.444. The van der Waals surface area contributed by atoms with Gasteiger partial charge in [-0.25, -0.2) is 19.8 Å². The van der Waals surface area contributed by atoms with Crippen molar-refractivity contribution in [3.63, 3.8) is 0 Å². The molecule has 0 bridgehead atoms. The smallest absolute Gasteiger partial charge is 0.418 e. The summed E-state index contributed by atoms with van der Waals surface area (Å²) in [5.41, 5.74) is 5.36. The molecule has 2 atom stereocenters. The molecule has 38 heavy (non-hydrogen) atoms. The van der Waals surface area contributed by atoms with E-state index >= 15 is 0 Å². The number of carbonyl (C=O) groups is 3. The van der Waals surface area contributed by atoms with Crippen LogP contribution in [0.3, 0.4) is 0 Å². The molecule has 0 fully saturated rings. The van der Waals surface area contributed by atoms with Crippen molar-refractivity contribution in [1.29, 1.82) is 0 Å². The molecule has 10 nitrogen and oxygen atoms in total. The molecule has 15 heteroatoms. The number of halogens is 4. The van der Waals surface area contributed by atoms with E-state index in [1.165, 1.54) is 12.4 Å². The van der Waals surface area contributed by atoms with Crippen molar-refractivity contribution in [2.45, 2.75) is 33.0 Å². The third kappa shape index (κ3) is 6.19. The van der Waals surface area contributed by atoms with Crippen LogP contribution in [-0.2, 0) is 20.5 Å². The number of aliphatic imine (C=N–C) groups is 1. The highest BCUT2D eigenvalue weighted by Gasteiger charge is 2.34. The van der Waals surface area contributed by atoms with Crippen molar-refractivity contribution in [3.05, 3.63) is 61.9 Å². The van der Waals surface area contributed by atoms with E-state index in [0.717, 1.165) is 24.6 Å². The Balaban J connectivity index is 1.80. The number of nitrogens with one attached hydrogen (secondary N) is 2. The number of nitrogens with two attached hydrogens (primary N) is 1. The Morgan fingerprint density at radius 1 is 1.21 bits per heavy atom. The van der Waals surface area contributed by atoms with Gasteiger partial charge >= 0.3 is 12.1 Å². The number of pyridine rings is 1. The molecule has 2 unspecified atom stereocenters. The molecule has 0 saturated carbocycles. The number of alkyl halides is 3. The van der Waals surface area contributed by atoms with Crippen molar-refractivity contribution in [2.24, 2.45) is 16.6 Å².